The summed E-state index contributed by atoms with van der Waals surface area (Å²) in [4.78, 5) is 10.1. The maximum absolute atomic E-state index is 10.1. The van der Waals surface area contributed by atoms with E-state index >= 15 is 0 Å². The fourth-order valence-electron chi connectivity index (χ4n) is 1.98. The molecule has 1 rings (SSSR count). The van der Waals surface area contributed by atoms with E-state index in [1.807, 2.05) is 6.07 Å². The SMILES string of the molecule is O=CCCCCCCCC/C=C\c1ccccc1. The van der Waals surface area contributed by atoms with Gasteiger partial charge in [0.2, 0.25) is 0 Å². The van der Waals surface area contributed by atoms with E-state index in [9.17, 15) is 4.79 Å². The molecule has 0 spiro atoms. The van der Waals surface area contributed by atoms with E-state index in [-0.39, 0.29) is 0 Å². The van der Waals surface area contributed by atoms with Gasteiger partial charge in [-0.15, -0.1) is 0 Å². The van der Waals surface area contributed by atoms with Crippen molar-refractivity contribution in [3.05, 3.63) is 42.0 Å². The molecule has 0 aliphatic heterocycles. The van der Waals surface area contributed by atoms with Crippen LogP contribution in [0.2, 0.25) is 0 Å². The molecule has 0 bridgehead atoms. The molecule has 0 amide bonds. The van der Waals surface area contributed by atoms with Gasteiger partial charge in [0.15, 0.2) is 0 Å². The highest BCUT2D eigenvalue weighted by molar-refractivity contribution is 5.49. The van der Waals surface area contributed by atoms with Crippen LogP contribution in [0.1, 0.15) is 56.9 Å². The second-order valence-electron chi connectivity index (χ2n) is 4.68. The number of carbonyl (C=O) groups excluding carboxylic acids is 1. The lowest BCUT2D eigenvalue weighted by molar-refractivity contribution is -0.107. The molecule has 98 valence electrons. The third-order valence-corrected chi connectivity index (χ3v) is 3.05. The smallest absolute Gasteiger partial charge is 0.119 e. The van der Waals surface area contributed by atoms with Crippen LogP contribution in [0.4, 0.5) is 0 Å². The summed E-state index contributed by atoms with van der Waals surface area (Å²) >= 11 is 0. The van der Waals surface area contributed by atoms with Crippen LogP contribution in [0.15, 0.2) is 36.4 Å². The summed E-state index contributed by atoms with van der Waals surface area (Å²) in [6, 6.07) is 10.4. The average molecular weight is 244 g/mol. The molecular weight excluding hydrogens is 220 g/mol. The number of unbranched alkanes of at least 4 members (excludes halogenated alkanes) is 7. The fourth-order valence-corrected chi connectivity index (χ4v) is 1.98. The van der Waals surface area contributed by atoms with Crippen molar-refractivity contribution < 1.29 is 4.79 Å². The number of aldehydes is 1. The molecule has 0 unspecified atom stereocenters. The summed E-state index contributed by atoms with van der Waals surface area (Å²) < 4.78 is 0. The van der Waals surface area contributed by atoms with Crippen molar-refractivity contribution in [2.24, 2.45) is 0 Å². The number of hydrogen-bond acceptors (Lipinski definition) is 1. The molecule has 0 fully saturated rings. The van der Waals surface area contributed by atoms with Gasteiger partial charge in [-0.25, -0.2) is 0 Å². The predicted octanol–water partition coefficient (Wildman–Crippen LogP) is 5.02. The standard InChI is InChI=1S/C17H24O/c18-16-12-7-5-3-1-2-4-6-9-13-17-14-10-8-11-15-17/h8-11,13-16H,1-7,12H2/b13-9-. The van der Waals surface area contributed by atoms with Crippen LogP contribution in [0.5, 0.6) is 0 Å². The molecule has 1 aromatic carbocycles. The topological polar surface area (TPSA) is 17.1 Å². The zero-order valence-electron chi connectivity index (χ0n) is 11.2. The average Bonchev–Trinajstić information content (AvgIpc) is 2.42. The Labute approximate surface area is 111 Å². The van der Waals surface area contributed by atoms with Gasteiger partial charge < -0.3 is 4.79 Å². The Morgan fingerprint density at radius 1 is 0.778 bits per heavy atom. The lowest BCUT2D eigenvalue weighted by Gasteiger charge is -1.98. The van der Waals surface area contributed by atoms with Gasteiger partial charge >= 0.3 is 0 Å². The summed E-state index contributed by atoms with van der Waals surface area (Å²) in [6.07, 6.45) is 14.8. The van der Waals surface area contributed by atoms with E-state index in [0.717, 1.165) is 19.1 Å². The Morgan fingerprint density at radius 2 is 1.39 bits per heavy atom. The fraction of sp³-hybridized carbons (Fsp3) is 0.471. The summed E-state index contributed by atoms with van der Waals surface area (Å²) in [7, 11) is 0. The summed E-state index contributed by atoms with van der Waals surface area (Å²) in [6.45, 7) is 0. The van der Waals surface area contributed by atoms with Gasteiger partial charge in [-0.2, -0.15) is 0 Å². The Kier molecular flexibility index (Phi) is 8.78. The predicted molar refractivity (Wildman–Crippen MR) is 78.5 cm³/mol. The van der Waals surface area contributed by atoms with Gasteiger partial charge in [0.05, 0.1) is 0 Å². The minimum Gasteiger partial charge on any atom is -0.303 e. The first-order valence-electron chi connectivity index (χ1n) is 7.08. The van der Waals surface area contributed by atoms with Gasteiger partial charge in [0, 0.05) is 6.42 Å². The zero-order valence-corrected chi connectivity index (χ0v) is 11.2. The highest BCUT2D eigenvalue weighted by atomic mass is 16.1. The molecule has 0 aromatic heterocycles. The molecule has 0 saturated heterocycles. The van der Waals surface area contributed by atoms with Crippen LogP contribution >= 0.6 is 0 Å². The van der Waals surface area contributed by atoms with Gasteiger partial charge in [0.25, 0.3) is 0 Å². The van der Waals surface area contributed by atoms with Gasteiger partial charge in [-0.3, -0.25) is 0 Å². The third kappa shape index (κ3) is 7.83. The van der Waals surface area contributed by atoms with Crippen LogP contribution < -0.4 is 0 Å². The first kappa shape index (κ1) is 14.7. The molecule has 1 aromatic rings. The number of allylic oxidation sites excluding steroid dienone is 1. The van der Waals surface area contributed by atoms with Crippen molar-refractivity contribution in [3.8, 4) is 0 Å². The van der Waals surface area contributed by atoms with Crippen molar-refractivity contribution in [3.63, 3.8) is 0 Å². The van der Waals surface area contributed by atoms with E-state index in [2.05, 4.69) is 36.4 Å². The molecule has 0 aliphatic carbocycles. The number of rotatable bonds is 10. The van der Waals surface area contributed by atoms with Crippen LogP contribution in [-0.4, -0.2) is 6.29 Å². The molecule has 18 heavy (non-hydrogen) atoms. The number of hydrogen-bond donors (Lipinski definition) is 0. The summed E-state index contributed by atoms with van der Waals surface area (Å²) in [5, 5.41) is 0. The molecule has 0 radical (unpaired) electrons. The molecule has 1 nitrogen and oxygen atoms in total. The van der Waals surface area contributed by atoms with E-state index in [1.54, 1.807) is 0 Å². The highest BCUT2D eigenvalue weighted by Gasteiger charge is 1.90. The minimum absolute atomic E-state index is 0.736. The molecule has 0 aliphatic rings. The Bertz CT molecular complexity index is 327. The lowest BCUT2D eigenvalue weighted by atomic mass is 10.1. The first-order valence-corrected chi connectivity index (χ1v) is 7.08. The maximum Gasteiger partial charge on any atom is 0.119 e. The van der Waals surface area contributed by atoms with Crippen LogP contribution in [0, 0.1) is 0 Å². The monoisotopic (exact) mass is 244 g/mol. The lowest BCUT2D eigenvalue weighted by Crippen LogP contribution is -1.80. The van der Waals surface area contributed by atoms with Gasteiger partial charge in [0.1, 0.15) is 6.29 Å². The molecule has 1 heteroatoms. The van der Waals surface area contributed by atoms with Crippen LogP contribution in [0.3, 0.4) is 0 Å². The second-order valence-corrected chi connectivity index (χ2v) is 4.68. The van der Waals surface area contributed by atoms with Crippen molar-refractivity contribution in [2.75, 3.05) is 0 Å². The molecule has 0 atom stereocenters. The zero-order chi connectivity index (χ0) is 12.9. The Hall–Kier alpha value is -1.37. The first-order chi connectivity index (χ1) is 8.93. The quantitative estimate of drug-likeness (QED) is 0.417. The Balaban J connectivity index is 1.92. The van der Waals surface area contributed by atoms with Crippen molar-refractivity contribution >= 4 is 12.4 Å². The molecule has 0 saturated carbocycles. The van der Waals surface area contributed by atoms with E-state index in [1.165, 1.54) is 44.1 Å². The van der Waals surface area contributed by atoms with Crippen molar-refractivity contribution in [1.82, 2.24) is 0 Å². The Morgan fingerprint density at radius 3 is 2.06 bits per heavy atom. The second kappa shape index (κ2) is 10.8. The molecule has 0 heterocycles. The largest absolute Gasteiger partial charge is 0.303 e. The van der Waals surface area contributed by atoms with E-state index < -0.39 is 0 Å². The molecular formula is C17H24O. The molecule has 0 N–H and O–H groups in total. The van der Waals surface area contributed by atoms with Crippen LogP contribution in [-0.2, 0) is 4.79 Å². The highest BCUT2D eigenvalue weighted by Crippen LogP contribution is 2.09. The van der Waals surface area contributed by atoms with Gasteiger partial charge in [-0.05, 0) is 24.8 Å². The van der Waals surface area contributed by atoms with E-state index in [4.69, 9.17) is 0 Å². The number of carbonyl (C=O) groups is 1. The normalized spacial score (nSPS) is 10.9. The van der Waals surface area contributed by atoms with Gasteiger partial charge in [-0.1, -0.05) is 68.2 Å². The van der Waals surface area contributed by atoms with Crippen LogP contribution in [0.25, 0.3) is 6.08 Å². The summed E-state index contributed by atoms with van der Waals surface area (Å²) in [5.74, 6) is 0. The maximum atomic E-state index is 10.1. The summed E-state index contributed by atoms with van der Waals surface area (Å²) in [5.41, 5.74) is 1.28. The minimum atomic E-state index is 0.736. The van der Waals surface area contributed by atoms with Crippen molar-refractivity contribution in [2.45, 2.75) is 51.4 Å². The van der Waals surface area contributed by atoms with E-state index in [0.29, 0.717) is 0 Å². The third-order valence-electron chi connectivity index (χ3n) is 3.05. The van der Waals surface area contributed by atoms with Crippen molar-refractivity contribution in [1.29, 1.82) is 0 Å². The number of benzene rings is 1.